The summed E-state index contributed by atoms with van der Waals surface area (Å²) < 4.78 is 1.88. The lowest BCUT2D eigenvalue weighted by Gasteiger charge is -2.21. The van der Waals surface area contributed by atoms with Gasteiger partial charge in [0.05, 0.1) is 5.39 Å². The maximum absolute atomic E-state index is 13.1. The second-order valence-corrected chi connectivity index (χ2v) is 8.78. The molecule has 32 heavy (non-hydrogen) atoms. The van der Waals surface area contributed by atoms with E-state index in [2.05, 4.69) is 15.6 Å². The van der Waals surface area contributed by atoms with Crippen LogP contribution in [-0.4, -0.2) is 21.0 Å². The third-order valence-electron chi connectivity index (χ3n) is 4.95. The van der Waals surface area contributed by atoms with E-state index in [-0.39, 0.29) is 17.0 Å². The Bertz CT molecular complexity index is 1340. The summed E-state index contributed by atoms with van der Waals surface area (Å²) in [4.78, 5) is 30.7. The number of amides is 1. The molecule has 0 saturated carbocycles. The van der Waals surface area contributed by atoms with Crippen molar-refractivity contribution >= 4 is 28.4 Å². The highest BCUT2D eigenvalue weighted by molar-refractivity contribution is 5.96. The van der Waals surface area contributed by atoms with Gasteiger partial charge >= 0.3 is 0 Å². The highest BCUT2D eigenvalue weighted by Crippen LogP contribution is 2.26. The van der Waals surface area contributed by atoms with E-state index in [1.54, 1.807) is 12.1 Å². The van der Waals surface area contributed by atoms with E-state index < -0.39 is 5.54 Å². The lowest BCUT2D eigenvalue weighted by atomic mass is 10.1. The molecule has 6 nitrogen and oxygen atoms in total. The SMILES string of the molecule is Cc1cc(C(=O)NC(C)(C)C)nc2c1c(=O)cc(Nc1ccccc1)n2-c1ccccc1. The fourth-order valence-electron chi connectivity index (χ4n) is 3.62. The van der Waals surface area contributed by atoms with E-state index in [9.17, 15) is 9.59 Å². The molecule has 0 aliphatic rings. The zero-order valence-corrected chi connectivity index (χ0v) is 18.6. The van der Waals surface area contributed by atoms with Gasteiger partial charge in [-0.2, -0.15) is 0 Å². The molecule has 0 unspecified atom stereocenters. The van der Waals surface area contributed by atoms with Gasteiger partial charge in [-0.05, 0) is 63.6 Å². The van der Waals surface area contributed by atoms with Gasteiger partial charge in [-0.15, -0.1) is 0 Å². The molecule has 0 bridgehead atoms. The number of hydrogen-bond donors (Lipinski definition) is 2. The van der Waals surface area contributed by atoms with E-state index >= 15 is 0 Å². The first-order valence-electron chi connectivity index (χ1n) is 10.5. The summed E-state index contributed by atoms with van der Waals surface area (Å²) >= 11 is 0. The molecule has 2 heterocycles. The lowest BCUT2D eigenvalue weighted by molar-refractivity contribution is 0.0914. The second-order valence-electron chi connectivity index (χ2n) is 8.78. The molecule has 162 valence electrons. The van der Waals surface area contributed by atoms with Gasteiger partial charge in [0.2, 0.25) is 0 Å². The Morgan fingerprint density at radius 3 is 2.19 bits per heavy atom. The van der Waals surface area contributed by atoms with Crippen molar-refractivity contribution in [3.63, 3.8) is 0 Å². The van der Waals surface area contributed by atoms with Crippen LogP contribution >= 0.6 is 0 Å². The van der Waals surface area contributed by atoms with Crippen molar-refractivity contribution in [2.45, 2.75) is 33.2 Å². The average molecular weight is 427 g/mol. The predicted octanol–water partition coefficient (Wildman–Crippen LogP) is 4.97. The van der Waals surface area contributed by atoms with Crippen molar-refractivity contribution in [3.8, 4) is 5.69 Å². The highest BCUT2D eigenvalue weighted by Gasteiger charge is 2.20. The number of benzene rings is 2. The summed E-state index contributed by atoms with van der Waals surface area (Å²) in [5, 5.41) is 6.77. The van der Waals surface area contributed by atoms with Crippen LogP contribution in [0.1, 0.15) is 36.8 Å². The van der Waals surface area contributed by atoms with Crippen LogP contribution in [0.5, 0.6) is 0 Å². The fraction of sp³-hybridized carbons (Fsp3) is 0.192. The number of carbonyl (C=O) groups is 1. The number of aryl methyl sites for hydroxylation is 1. The molecule has 0 spiro atoms. The van der Waals surface area contributed by atoms with Gasteiger partial charge < -0.3 is 10.6 Å². The summed E-state index contributed by atoms with van der Waals surface area (Å²) in [6.45, 7) is 7.58. The highest BCUT2D eigenvalue weighted by atomic mass is 16.2. The third-order valence-corrected chi connectivity index (χ3v) is 4.95. The Morgan fingerprint density at radius 2 is 1.56 bits per heavy atom. The Hall–Kier alpha value is -3.93. The Morgan fingerprint density at radius 1 is 0.938 bits per heavy atom. The second kappa shape index (κ2) is 8.30. The van der Waals surface area contributed by atoms with E-state index in [0.717, 1.165) is 11.4 Å². The minimum absolute atomic E-state index is 0.154. The molecule has 6 heteroatoms. The van der Waals surface area contributed by atoms with Crippen LogP contribution in [0.3, 0.4) is 0 Å². The van der Waals surface area contributed by atoms with Crippen LogP contribution < -0.4 is 16.1 Å². The number of anilines is 2. The summed E-state index contributed by atoms with van der Waals surface area (Å²) in [5.41, 5.74) is 2.52. The summed E-state index contributed by atoms with van der Waals surface area (Å²) in [5.74, 6) is 0.288. The van der Waals surface area contributed by atoms with Crippen LogP contribution in [0.4, 0.5) is 11.5 Å². The lowest BCUT2D eigenvalue weighted by Crippen LogP contribution is -2.41. The van der Waals surface area contributed by atoms with Gasteiger partial charge in [-0.1, -0.05) is 36.4 Å². The molecular formula is C26H26N4O2. The van der Waals surface area contributed by atoms with Crippen molar-refractivity contribution in [2.75, 3.05) is 5.32 Å². The molecule has 0 saturated heterocycles. The summed E-state index contributed by atoms with van der Waals surface area (Å²) in [6.07, 6.45) is 0. The fourth-order valence-corrected chi connectivity index (χ4v) is 3.62. The number of hydrogen-bond acceptors (Lipinski definition) is 4. The number of nitrogens with one attached hydrogen (secondary N) is 2. The Kier molecular flexibility index (Phi) is 5.53. The van der Waals surface area contributed by atoms with Gasteiger partial charge in [0.15, 0.2) is 11.1 Å². The average Bonchev–Trinajstić information content (AvgIpc) is 2.73. The first-order valence-corrected chi connectivity index (χ1v) is 10.5. The number of nitrogens with zero attached hydrogens (tertiary/aromatic N) is 2. The normalized spacial score (nSPS) is 11.4. The van der Waals surface area contributed by atoms with Crippen LogP contribution in [0.15, 0.2) is 77.6 Å². The first kappa shape index (κ1) is 21.3. The number of aromatic nitrogens is 2. The number of rotatable bonds is 4. The van der Waals surface area contributed by atoms with Crippen molar-refractivity contribution in [2.24, 2.45) is 0 Å². The van der Waals surface area contributed by atoms with Gasteiger partial charge in [0.25, 0.3) is 5.91 Å². The number of para-hydroxylation sites is 2. The summed E-state index contributed by atoms with van der Waals surface area (Å²) in [7, 11) is 0. The smallest absolute Gasteiger partial charge is 0.270 e. The minimum atomic E-state index is -0.405. The molecule has 0 fully saturated rings. The molecule has 2 N–H and O–H groups in total. The maximum Gasteiger partial charge on any atom is 0.270 e. The molecule has 1 amide bonds. The Labute approximate surface area is 186 Å². The molecule has 2 aromatic carbocycles. The van der Waals surface area contributed by atoms with Crippen molar-refractivity contribution in [1.29, 1.82) is 0 Å². The van der Waals surface area contributed by atoms with Crippen LogP contribution in [0, 0.1) is 6.92 Å². The Balaban J connectivity index is 2.00. The quantitative estimate of drug-likeness (QED) is 0.483. The number of pyridine rings is 2. The van der Waals surface area contributed by atoms with E-state index in [1.807, 2.05) is 92.9 Å². The molecule has 0 radical (unpaired) electrons. The predicted molar refractivity (Wildman–Crippen MR) is 129 cm³/mol. The molecule has 0 aliphatic carbocycles. The van der Waals surface area contributed by atoms with Crippen molar-refractivity contribution in [3.05, 3.63) is 94.3 Å². The molecular weight excluding hydrogens is 400 g/mol. The number of fused-ring (bicyclic) bond motifs is 1. The summed E-state index contributed by atoms with van der Waals surface area (Å²) in [6, 6.07) is 22.5. The monoisotopic (exact) mass is 426 g/mol. The van der Waals surface area contributed by atoms with E-state index in [1.165, 1.54) is 0 Å². The first-order chi connectivity index (χ1) is 15.2. The zero-order valence-electron chi connectivity index (χ0n) is 18.6. The maximum atomic E-state index is 13.1. The van der Waals surface area contributed by atoms with Crippen LogP contribution in [0.25, 0.3) is 16.7 Å². The van der Waals surface area contributed by atoms with Gasteiger partial charge in [0, 0.05) is 23.0 Å². The zero-order chi connectivity index (χ0) is 22.9. The third kappa shape index (κ3) is 4.39. The van der Waals surface area contributed by atoms with Gasteiger partial charge in [-0.3, -0.25) is 14.2 Å². The molecule has 4 aromatic rings. The van der Waals surface area contributed by atoms with Crippen LogP contribution in [0.2, 0.25) is 0 Å². The van der Waals surface area contributed by atoms with E-state index in [4.69, 9.17) is 0 Å². The van der Waals surface area contributed by atoms with Gasteiger partial charge in [-0.25, -0.2) is 4.98 Å². The molecule has 4 rings (SSSR count). The molecule has 0 aliphatic heterocycles. The van der Waals surface area contributed by atoms with Crippen molar-refractivity contribution in [1.82, 2.24) is 14.9 Å². The molecule has 0 atom stereocenters. The standard InChI is InChI=1S/C26H26N4O2/c1-17-15-20(25(32)29-26(2,3)4)28-24-23(17)21(31)16-22(27-18-11-7-5-8-12-18)30(24)19-13-9-6-10-14-19/h5-16,27H,1-4H3,(H,29,32). The topological polar surface area (TPSA) is 76.0 Å². The molecule has 2 aromatic heterocycles. The largest absolute Gasteiger partial charge is 0.346 e. The van der Waals surface area contributed by atoms with Crippen LogP contribution in [-0.2, 0) is 0 Å². The van der Waals surface area contributed by atoms with Crippen molar-refractivity contribution < 1.29 is 4.79 Å². The number of carbonyl (C=O) groups excluding carboxylic acids is 1. The van der Waals surface area contributed by atoms with E-state index in [0.29, 0.717) is 22.4 Å². The van der Waals surface area contributed by atoms with Gasteiger partial charge in [0.1, 0.15) is 11.5 Å². The minimum Gasteiger partial charge on any atom is -0.346 e.